The summed E-state index contributed by atoms with van der Waals surface area (Å²) in [6.07, 6.45) is 1.31. The molecule has 0 aromatic heterocycles. The van der Waals surface area contributed by atoms with Gasteiger partial charge in [0.15, 0.2) is 0 Å². The molecule has 0 aromatic carbocycles. The molecule has 11 heavy (non-hydrogen) atoms. The van der Waals surface area contributed by atoms with Crippen LogP contribution in [0.2, 0.25) is 0 Å². The van der Waals surface area contributed by atoms with Gasteiger partial charge >= 0.3 is 0 Å². The van der Waals surface area contributed by atoms with Gasteiger partial charge in [-0.15, -0.1) is 0 Å². The van der Waals surface area contributed by atoms with E-state index in [1.165, 1.54) is 6.42 Å². The molecule has 66 valence electrons. The summed E-state index contributed by atoms with van der Waals surface area (Å²) in [5.41, 5.74) is 0. The molecule has 1 fully saturated rings. The van der Waals surface area contributed by atoms with Crippen molar-refractivity contribution in [1.82, 2.24) is 4.90 Å². The molecule has 1 aliphatic heterocycles. The van der Waals surface area contributed by atoms with E-state index in [1.807, 2.05) is 0 Å². The highest BCUT2D eigenvalue weighted by Gasteiger charge is 2.20. The summed E-state index contributed by atoms with van der Waals surface area (Å²) in [4.78, 5) is 2.23. The van der Waals surface area contributed by atoms with E-state index in [2.05, 4.69) is 18.7 Å². The Hall–Kier alpha value is -0.110. The molecule has 2 heteroatoms. The SMILES string of the molecule is CC1CC(C)CN(CCF)C1. The Kier molecular flexibility index (Phi) is 3.31. The minimum Gasteiger partial charge on any atom is -0.300 e. The van der Waals surface area contributed by atoms with Crippen LogP contribution in [0.3, 0.4) is 0 Å². The van der Waals surface area contributed by atoms with Crippen LogP contribution < -0.4 is 0 Å². The second-order valence-corrected chi connectivity index (χ2v) is 3.89. The Bertz CT molecular complexity index is 106. The molecule has 2 unspecified atom stereocenters. The van der Waals surface area contributed by atoms with Crippen LogP contribution in [0, 0.1) is 11.8 Å². The molecular formula is C9H18FN. The third-order valence-corrected chi connectivity index (χ3v) is 2.35. The molecule has 1 nitrogen and oxygen atoms in total. The van der Waals surface area contributed by atoms with Crippen molar-refractivity contribution in [2.45, 2.75) is 20.3 Å². The molecule has 1 saturated heterocycles. The van der Waals surface area contributed by atoms with Gasteiger partial charge in [-0.3, -0.25) is 0 Å². The minimum atomic E-state index is -0.195. The molecule has 0 aliphatic carbocycles. The maximum absolute atomic E-state index is 12.0. The smallest absolute Gasteiger partial charge is 0.102 e. The van der Waals surface area contributed by atoms with Crippen LogP contribution >= 0.6 is 0 Å². The minimum absolute atomic E-state index is 0.195. The van der Waals surface area contributed by atoms with E-state index in [9.17, 15) is 4.39 Å². The molecule has 0 amide bonds. The molecular weight excluding hydrogens is 141 g/mol. The van der Waals surface area contributed by atoms with Gasteiger partial charge in [0.05, 0.1) is 0 Å². The number of likely N-dealkylation sites (tertiary alicyclic amines) is 1. The van der Waals surface area contributed by atoms with Gasteiger partial charge in [-0.25, -0.2) is 4.39 Å². The fourth-order valence-corrected chi connectivity index (χ4v) is 2.09. The van der Waals surface area contributed by atoms with Crippen molar-refractivity contribution in [2.24, 2.45) is 11.8 Å². The first kappa shape index (κ1) is 8.98. The number of piperidine rings is 1. The van der Waals surface area contributed by atoms with Gasteiger partial charge in [-0.1, -0.05) is 13.8 Å². The van der Waals surface area contributed by atoms with Crippen LogP contribution in [0.4, 0.5) is 4.39 Å². The average molecular weight is 159 g/mol. The van der Waals surface area contributed by atoms with E-state index >= 15 is 0 Å². The number of nitrogens with zero attached hydrogens (tertiary/aromatic N) is 1. The molecule has 0 saturated carbocycles. The van der Waals surface area contributed by atoms with Crippen LogP contribution in [0.25, 0.3) is 0 Å². The van der Waals surface area contributed by atoms with Crippen molar-refractivity contribution < 1.29 is 4.39 Å². The Morgan fingerprint density at radius 3 is 2.27 bits per heavy atom. The molecule has 0 spiro atoms. The van der Waals surface area contributed by atoms with Gasteiger partial charge in [0.2, 0.25) is 0 Å². The van der Waals surface area contributed by atoms with E-state index in [1.54, 1.807) is 0 Å². The van der Waals surface area contributed by atoms with Crippen molar-refractivity contribution >= 4 is 0 Å². The van der Waals surface area contributed by atoms with E-state index < -0.39 is 0 Å². The monoisotopic (exact) mass is 159 g/mol. The number of hydrogen-bond donors (Lipinski definition) is 0. The van der Waals surface area contributed by atoms with Crippen LogP contribution in [-0.2, 0) is 0 Å². The lowest BCUT2D eigenvalue weighted by Gasteiger charge is -2.34. The van der Waals surface area contributed by atoms with E-state index in [4.69, 9.17) is 0 Å². The predicted octanol–water partition coefficient (Wildman–Crippen LogP) is 1.93. The first-order valence-electron chi connectivity index (χ1n) is 4.50. The average Bonchev–Trinajstić information content (AvgIpc) is 1.85. The lowest BCUT2D eigenvalue weighted by molar-refractivity contribution is 0.133. The van der Waals surface area contributed by atoms with E-state index in [0.717, 1.165) is 24.9 Å². The molecule has 0 aromatic rings. The first-order valence-corrected chi connectivity index (χ1v) is 4.50. The van der Waals surface area contributed by atoms with Gasteiger partial charge in [0.25, 0.3) is 0 Å². The fourth-order valence-electron chi connectivity index (χ4n) is 2.09. The lowest BCUT2D eigenvalue weighted by Crippen LogP contribution is -2.39. The number of alkyl halides is 1. The quantitative estimate of drug-likeness (QED) is 0.595. The van der Waals surface area contributed by atoms with Crippen LogP contribution in [-0.4, -0.2) is 31.2 Å². The summed E-state index contributed by atoms with van der Waals surface area (Å²) in [6, 6.07) is 0. The summed E-state index contributed by atoms with van der Waals surface area (Å²) < 4.78 is 12.0. The first-order chi connectivity index (χ1) is 5.22. The zero-order valence-electron chi connectivity index (χ0n) is 7.52. The van der Waals surface area contributed by atoms with Crippen molar-refractivity contribution in [2.75, 3.05) is 26.3 Å². The summed E-state index contributed by atoms with van der Waals surface area (Å²) in [7, 11) is 0. The highest BCUT2D eigenvalue weighted by Crippen LogP contribution is 2.20. The maximum Gasteiger partial charge on any atom is 0.102 e. The Balaban J connectivity index is 2.30. The van der Waals surface area contributed by atoms with E-state index in [-0.39, 0.29) is 6.67 Å². The third-order valence-electron chi connectivity index (χ3n) is 2.35. The highest BCUT2D eigenvalue weighted by atomic mass is 19.1. The largest absolute Gasteiger partial charge is 0.300 e. The van der Waals surface area contributed by atoms with Gasteiger partial charge in [-0.2, -0.15) is 0 Å². The maximum atomic E-state index is 12.0. The fraction of sp³-hybridized carbons (Fsp3) is 1.00. The Morgan fingerprint density at radius 1 is 1.27 bits per heavy atom. The second kappa shape index (κ2) is 4.05. The van der Waals surface area contributed by atoms with Crippen LogP contribution in [0.15, 0.2) is 0 Å². The van der Waals surface area contributed by atoms with Crippen molar-refractivity contribution in [3.05, 3.63) is 0 Å². The summed E-state index contributed by atoms with van der Waals surface area (Å²) >= 11 is 0. The highest BCUT2D eigenvalue weighted by molar-refractivity contribution is 4.74. The lowest BCUT2D eigenvalue weighted by atomic mass is 9.92. The second-order valence-electron chi connectivity index (χ2n) is 3.89. The molecule has 0 N–H and O–H groups in total. The van der Waals surface area contributed by atoms with Crippen LogP contribution in [0.1, 0.15) is 20.3 Å². The molecule has 1 rings (SSSR count). The summed E-state index contributed by atoms with van der Waals surface area (Å²) in [5, 5.41) is 0. The van der Waals surface area contributed by atoms with Crippen molar-refractivity contribution in [3.63, 3.8) is 0 Å². The molecule has 0 radical (unpaired) electrons. The van der Waals surface area contributed by atoms with Gasteiger partial charge in [0.1, 0.15) is 6.67 Å². The molecule has 2 atom stereocenters. The predicted molar refractivity (Wildman–Crippen MR) is 45.4 cm³/mol. The van der Waals surface area contributed by atoms with E-state index in [0.29, 0.717) is 6.54 Å². The topological polar surface area (TPSA) is 3.24 Å². The van der Waals surface area contributed by atoms with Crippen molar-refractivity contribution in [1.29, 1.82) is 0 Å². The van der Waals surface area contributed by atoms with Gasteiger partial charge in [-0.05, 0) is 18.3 Å². The molecule has 1 heterocycles. The zero-order chi connectivity index (χ0) is 8.27. The standard InChI is InChI=1S/C9H18FN/c1-8-5-9(2)7-11(6-8)4-3-10/h8-9H,3-7H2,1-2H3. The van der Waals surface area contributed by atoms with Crippen molar-refractivity contribution in [3.8, 4) is 0 Å². The number of halogens is 1. The number of hydrogen-bond acceptors (Lipinski definition) is 1. The normalized spacial score (nSPS) is 34.1. The van der Waals surface area contributed by atoms with Crippen LogP contribution in [0.5, 0.6) is 0 Å². The summed E-state index contributed by atoms with van der Waals surface area (Å²) in [6.45, 7) is 7.12. The Morgan fingerprint density at radius 2 is 1.82 bits per heavy atom. The summed E-state index contributed by atoms with van der Waals surface area (Å²) in [5.74, 6) is 1.51. The zero-order valence-corrected chi connectivity index (χ0v) is 7.52. The molecule has 0 bridgehead atoms. The third kappa shape index (κ3) is 2.78. The number of rotatable bonds is 2. The van der Waals surface area contributed by atoms with Gasteiger partial charge < -0.3 is 4.90 Å². The molecule has 1 aliphatic rings. The van der Waals surface area contributed by atoms with Gasteiger partial charge in [0, 0.05) is 19.6 Å². The Labute approximate surface area is 68.6 Å².